The molecular weight excluding hydrogens is 290 g/mol. The van der Waals surface area contributed by atoms with Gasteiger partial charge in [0, 0.05) is 23.2 Å². The fourth-order valence-corrected chi connectivity index (χ4v) is 2.22. The Bertz CT molecular complexity index is 574. The van der Waals surface area contributed by atoms with Crippen LogP contribution in [0.1, 0.15) is 16.7 Å². The Labute approximate surface area is 129 Å². The number of halogens is 1. The van der Waals surface area contributed by atoms with Gasteiger partial charge in [-0.2, -0.15) is 0 Å². The molecule has 0 heterocycles. The monoisotopic (exact) mass is 307 g/mol. The number of aliphatic hydroxyl groups excluding tert-OH is 1. The number of aliphatic hydroxyl groups is 1. The molecule has 0 saturated carbocycles. The number of nitrogens with two attached hydrogens (primary N) is 1. The molecule has 0 aliphatic heterocycles. The normalized spacial score (nSPS) is 10.5. The van der Waals surface area contributed by atoms with Crippen LogP contribution in [0.3, 0.4) is 0 Å². The van der Waals surface area contributed by atoms with Crippen LogP contribution in [0.2, 0.25) is 5.02 Å². The minimum atomic E-state index is 0.0312. The topological polar surface area (TPSA) is 64.7 Å². The zero-order valence-electron chi connectivity index (χ0n) is 11.8. The zero-order chi connectivity index (χ0) is 15.2. The largest absolute Gasteiger partial charge is 0.493 e. The maximum atomic E-state index is 9.02. The fraction of sp³-hybridized carbons (Fsp3) is 0.250. The number of ether oxygens (including phenoxy) is 2. The number of hydrogen-bond acceptors (Lipinski definition) is 4. The predicted molar refractivity (Wildman–Crippen MR) is 82.6 cm³/mol. The molecule has 0 amide bonds. The summed E-state index contributed by atoms with van der Waals surface area (Å²) < 4.78 is 11.1. The van der Waals surface area contributed by atoms with Crippen LogP contribution in [0.4, 0.5) is 0 Å². The molecule has 21 heavy (non-hydrogen) atoms. The summed E-state index contributed by atoms with van der Waals surface area (Å²) >= 11 is 6.02. The second-order valence-electron chi connectivity index (χ2n) is 4.56. The van der Waals surface area contributed by atoms with Crippen molar-refractivity contribution in [3.8, 4) is 11.5 Å². The number of benzene rings is 2. The molecular formula is C16H18ClNO3. The molecule has 2 aromatic rings. The molecule has 0 aromatic heterocycles. The first kappa shape index (κ1) is 15.6. The third-order valence-corrected chi connectivity index (χ3v) is 3.34. The van der Waals surface area contributed by atoms with Gasteiger partial charge in [-0.05, 0) is 17.2 Å². The lowest BCUT2D eigenvalue weighted by Gasteiger charge is -2.15. The van der Waals surface area contributed by atoms with Gasteiger partial charge in [0.25, 0.3) is 0 Å². The summed E-state index contributed by atoms with van der Waals surface area (Å²) in [5, 5.41) is 9.59. The standard InChI is InChI=1S/C16H18ClNO3/c1-20-15-7-14(17)6-13(8-18)16(15)21-10-12-4-2-11(9-19)3-5-12/h2-7,19H,8-10,18H2,1H3. The Kier molecular flexibility index (Phi) is 5.44. The third kappa shape index (κ3) is 3.88. The molecule has 4 nitrogen and oxygen atoms in total. The quantitative estimate of drug-likeness (QED) is 0.861. The maximum Gasteiger partial charge on any atom is 0.166 e. The van der Waals surface area contributed by atoms with E-state index in [0.717, 1.165) is 16.7 Å². The molecule has 0 aliphatic carbocycles. The lowest BCUT2D eigenvalue weighted by atomic mass is 10.1. The van der Waals surface area contributed by atoms with Crippen molar-refractivity contribution in [2.24, 2.45) is 5.73 Å². The zero-order valence-corrected chi connectivity index (χ0v) is 12.6. The van der Waals surface area contributed by atoms with Gasteiger partial charge >= 0.3 is 0 Å². The van der Waals surface area contributed by atoms with Gasteiger partial charge in [0.15, 0.2) is 11.5 Å². The third-order valence-electron chi connectivity index (χ3n) is 3.13. The highest BCUT2D eigenvalue weighted by molar-refractivity contribution is 6.30. The van der Waals surface area contributed by atoms with E-state index in [0.29, 0.717) is 29.7 Å². The van der Waals surface area contributed by atoms with E-state index in [-0.39, 0.29) is 6.61 Å². The lowest BCUT2D eigenvalue weighted by Crippen LogP contribution is -2.05. The first-order valence-corrected chi connectivity index (χ1v) is 6.93. The summed E-state index contributed by atoms with van der Waals surface area (Å²) in [6, 6.07) is 11.0. The van der Waals surface area contributed by atoms with Gasteiger partial charge in [0.05, 0.1) is 13.7 Å². The summed E-state index contributed by atoms with van der Waals surface area (Å²) in [5.41, 5.74) is 8.38. The van der Waals surface area contributed by atoms with Gasteiger partial charge in [0.2, 0.25) is 0 Å². The van der Waals surface area contributed by atoms with Crippen molar-refractivity contribution in [3.05, 3.63) is 58.1 Å². The first-order chi connectivity index (χ1) is 10.2. The Morgan fingerprint density at radius 1 is 1.14 bits per heavy atom. The first-order valence-electron chi connectivity index (χ1n) is 6.56. The molecule has 0 unspecified atom stereocenters. The molecule has 2 aromatic carbocycles. The van der Waals surface area contributed by atoms with E-state index in [2.05, 4.69) is 0 Å². The van der Waals surface area contributed by atoms with E-state index in [9.17, 15) is 0 Å². The summed E-state index contributed by atoms with van der Waals surface area (Å²) in [4.78, 5) is 0. The van der Waals surface area contributed by atoms with Crippen LogP contribution in [0.5, 0.6) is 11.5 Å². The summed E-state index contributed by atoms with van der Waals surface area (Å²) in [7, 11) is 1.56. The molecule has 0 radical (unpaired) electrons. The van der Waals surface area contributed by atoms with Crippen molar-refractivity contribution in [3.63, 3.8) is 0 Å². The molecule has 0 spiro atoms. The predicted octanol–water partition coefficient (Wildman–Crippen LogP) is 2.88. The van der Waals surface area contributed by atoms with Crippen LogP contribution in [-0.4, -0.2) is 12.2 Å². The maximum absolute atomic E-state index is 9.02. The Balaban J connectivity index is 2.18. The van der Waals surface area contributed by atoms with Crippen molar-refractivity contribution in [2.75, 3.05) is 7.11 Å². The second-order valence-corrected chi connectivity index (χ2v) is 5.00. The van der Waals surface area contributed by atoms with Gasteiger partial charge in [0.1, 0.15) is 6.61 Å². The van der Waals surface area contributed by atoms with Gasteiger partial charge in [-0.15, -0.1) is 0 Å². The van der Waals surface area contributed by atoms with Crippen LogP contribution in [0, 0.1) is 0 Å². The average molecular weight is 308 g/mol. The lowest BCUT2D eigenvalue weighted by molar-refractivity contribution is 0.278. The molecule has 0 bridgehead atoms. The van der Waals surface area contributed by atoms with Crippen LogP contribution in [0.25, 0.3) is 0 Å². The molecule has 2 rings (SSSR count). The molecule has 0 aliphatic rings. The Morgan fingerprint density at radius 2 is 1.81 bits per heavy atom. The van der Waals surface area contributed by atoms with E-state index in [1.807, 2.05) is 24.3 Å². The second kappa shape index (κ2) is 7.31. The summed E-state index contributed by atoms with van der Waals surface area (Å²) in [6.45, 7) is 0.732. The van der Waals surface area contributed by atoms with Crippen molar-refractivity contribution in [1.29, 1.82) is 0 Å². The van der Waals surface area contributed by atoms with Crippen molar-refractivity contribution in [1.82, 2.24) is 0 Å². The van der Waals surface area contributed by atoms with E-state index in [1.54, 1.807) is 19.2 Å². The average Bonchev–Trinajstić information content (AvgIpc) is 2.53. The van der Waals surface area contributed by atoms with Crippen molar-refractivity contribution >= 4 is 11.6 Å². The number of methoxy groups -OCH3 is 1. The Hall–Kier alpha value is -1.75. The van der Waals surface area contributed by atoms with Crippen molar-refractivity contribution < 1.29 is 14.6 Å². The van der Waals surface area contributed by atoms with Gasteiger partial charge < -0.3 is 20.3 Å². The van der Waals surface area contributed by atoms with E-state index < -0.39 is 0 Å². The molecule has 5 heteroatoms. The number of hydrogen-bond donors (Lipinski definition) is 2. The van der Waals surface area contributed by atoms with Crippen LogP contribution >= 0.6 is 11.6 Å². The highest BCUT2D eigenvalue weighted by atomic mass is 35.5. The highest BCUT2D eigenvalue weighted by Gasteiger charge is 2.12. The minimum Gasteiger partial charge on any atom is -0.493 e. The van der Waals surface area contributed by atoms with E-state index in [4.69, 9.17) is 31.9 Å². The number of rotatable bonds is 6. The SMILES string of the molecule is COc1cc(Cl)cc(CN)c1OCc1ccc(CO)cc1. The molecule has 0 saturated heterocycles. The summed E-state index contributed by atoms with van der Waals surface area (Å²) in [6.07, 6.45) is 0. The molecule has 0 atom stereocenters. The van der Waals surface area contributed by atoms with E-state index in [1.165, 1.54) is 0 Å². The minimum absolute atomic E-state index is 0.0312. The van der Waals surface area contributed by atoms with Crippen LogP contribution in [-0.2, 0) is 19.8 Å². The molecule has 112 valence electrons. The van der Waals surface area contributed by atoms with Gasteiger partial charge in [-0.25, -0.2) is 0 Å². The molecule has 0 fully saturated rings. The van der Waals surface area contributed by atoms with Crippen LogP contribution < -0.4 is 15.2 Å². The van der Waals surface area contributed by atoms with Gasteiger partial charge in [-0.3, -0.25) is 0 Å². The van der Waals surface area contributed by atoms with E-state index >= 15 is 0 Å². The fourth-order valence-electron chi connectivity index (χ4n) is 1.99. The summed E-state index contributed by atoms with van der Waals surface area (Å²) in [5.74, 6) is 1.17. The van der Waals surface area contributed by atoms with Crippen LogP contribution in [0.15, 0.2) is 36.4 Å². The van der Waals surface area contributed by atoms with Gasteiger partial charge in [-0.1, -0.05) is 35.9 Å². The van der Waals surface area contributed by atoms with Crippen molar-refractivity contribution in [2.45, 2.75) is 19.8 Å². The highest BCUT2D eigenvalue weighted by Crippen LogP contribution is 2.35. The smallest absolute Gasteiger partial charge is 0.166 e. The molecule has 3 N–H and O–H groups in total. The Morgan fingerprint density at radius 3 is 2.38 bits per heavy atom.